The monoisotopic (exact) mass is 254 g/mol. The van der Waals surface area contributed by atoms with Crippen LogP contribution in [0.2, 0.25) is 0 Å². The number of carbonyl (C=O) groups excluding carboxylic acids is 1. The Hall–Kier alpha value is -0.970. The molecule has 0 radical (unpaired) electrons. The van der Waals surface area contributed by atoms with Crippen molar-refractivity contribution in [2.75, 3.05) is 6.61 Å². The normalized spacial score (nSPS) is 33.7. The van der Waals surface area contributed by atoms with E-state index in [1.54, 1.807) is 0 Å². The molecule has 102 valence electrons. The largest absolute Gasteiger partial charge is 0.396 e. The molecule has 1 rings (SSSR count). The van der Waals surface area contributed by atoms with E-state index in [4.69, 9.17) is 0 Å². The average Bonchev–Trinajstić information content (AvgIpc) is 2.36. The van der Waals surface area contributed by atoms with E-state index in [0.717, 1.165) is 12.8 Å². The van der Waals surface area contributed by atoms with Crippen LogP contribution in [0.1, 0.15) is 26.2 Å². The van der Waals surface area contributed by atoms with E-state index >= 15 is 0 Å². The molecule has 0 aliphatic heterocycles. The third-order valence-electron chi connectivity index (χ3n) is 3.31. The zero-order valence-corrected chi connectivity index (χ0v) is 10.7. The summed E-state index contributed by atoms with van der Waals surface area (Å²) < 4.78 is 0. The topological polar surface area (TPSA) is 77.8 Å². The first kappa shape index (κ1) is 15.1. The third-order valence-corrected chi connectivity index (χ3v) is 3.31. The van der Waals surface area contributed by atoms with Gasteiger partial charge in [-0.1, -0.05) is 37.6 Å². The molecule has 0 aromatic rings. The maximum absolute atomic E-state index is 11.7. The number of unbranched alkanes of at least 4 members (excludes halogenated alkanes) is 1. The maximum atomic E-state index is 11.7. The van der Waals surface area contributed by atoms with Gasteiger partial charge in [0.15, 0.2) is 5.78 Å². The molecule has 0 bridgehead atoms. The van der Waals surface area contributed by atoms with Crippen LogP contribution >= 0.6 is 0 Å². The lowest BCUT2D eigenvalue weighted by atomic mass is 9.75. The van der Waals surface area contributed by atoms with Crippen LogP contribution in [0.3, 0.4) is 0 Å². The summed E-state index contributed by atoms with van der Waals surface area (Å²) in [5.41, 5.74) is 0. The van der Waals surface area contributed by atoms with Crippen molar-refractivity contribution < 1.29 is 20.1 Å². The van der Waals surface area contributed by atoms with Crippen molar-refractivity contribution in [2.24, 2.45) is 11.8 Å². The Morgan fingerprint density at radius 3 is 2.67 bits per heavy atom. The van der Waals surface area contributed by atoms with E-state index in [1.807, 2.05) is 24.3 Å². The third kappa shape index (κ3) is 3.77. The van der Waals surface area contributed by atoms with E-state index in [-0.39, 0.29) is 12.5 Å². The molecule has 0 aromatic heterocycles. The number of rotatable bonds is 5. The molecule has 0 unspecified atom stereocenters. The van der Waals surface area contributed by atoms with Gasteiger partial charge in [-0.05, 0) is 18.8 Å². The molecule has 1 aliphatic rings. The molecule has 1 aliphatic carbocycles. The molecule has 4 atom stereocenters. The molecule has 0 spiro atoms. The predicted octanol–water partition coefficient (Wildman–Crippen LogP) is 0.818. The Morgan fingerprint density at radius 2 is 2.06 bits per heavy atom. The van der Waals surface area contributed by atoms with E-state index in [1.165, 1.54) is 0 Å². The molecule has 3 N–H and O–H groups in total. The van der Waals surface area contributed by atoms with Gasteiger partial charge in [-0.2, -0.15) is 0 Å². The number of Topliss-reactive ketones (excluding diaryl/α,β-unsaturated/α-hetero) is 1. The maximum Gasteiger partial charge on any atom is 0.169 e. The second-order valence-corrected chi connectivity index (χ2v) is 4.70. The quantitative estimate of drug-likeness (QED) is 0.635. The number of ketones is 1. The summed E-state index contributed by atoms with van der Waals surface area (Å²) in [6, 6.07) is 0. The Bertz CT molecular complexity index is 322. The summed E-state index contributed by atoms with van der Waals surface area (Å²) in [6.45, 7) is 1.80. The van der Waals surface area contributed by atoms with Gasteiger partial charge < -0.3 is 15.3 Å². The molecule has 18 heavy (non-hydrogen) atoms. The molecular formula is C14H22O4. The van der Waals surface area contributed by atoms with Gasteiger partial charge in [0, 0.05) is 5.92 Å². The van der Waals surface area contributed by atoms with E-state index in [9.17, 15) is 20.1 Å². The zero-order chi connectivity index (χ0) is 13.5. The number of carbonyl (C=O) groups is 1. The van der Waals surface area contributed by atoms with Crippen molar-refractivity contribution in [2.45, 2.75) is 38.4 Å². The highest BCUT2D eigenvalue weighted by atomic mass is 16.3. The second-order valence-electron chi connectivity index (χ2n) is 4.70. The van der Waals surface area contributed by atoms with Crippen LogP contribution in [0.15, 0.2) is 24.3 Å². The van der Waals surface area contributed by atoms with Crippen LogP contribution in [-0.2, 0) is 4.79 Å². The fraction of sp³-hybridized carbons (Fsp3) is 0.643. The standard InChI is InChI=1S/C14H22O4/c1-2-3-4-5-6-7-10-8-12(16)14(18)13(17)11(10)9-15/h4-7,10-12,14-16,18H,2-3,8-9H2,1H3/b5-4+,7-6+/t10-,11+,12-,14-/m0/s1. The van der Waals surface area contributed by atoms with E-state index < -0.39 is 23.9 Å². The minimum absolute atomic E-state index is 0.216. The van der Waals surface area contributed by atoms with Crippen molar-refractivity contribution in [1.29, 1.82) is 0 Å². The lowest BCUT2D eigenvalue weighted by Crippen LogP contribution is -2.48. The molecule has 4 heteroatoms. The first-order valence-corrected chi connectivity index (χ1v) is 6.45. The van der Waals surface area contributed by atoms with Crippen LogP contribution in [0.25, 0.3) is 0 Å². The lowest BCUT2D eigenvalue weighted by Gasteiger charge is -2.33. The summed E-state index contributed by atoms with van der Waals surface area (Å²) in [5.74, 6) is -1.30. The van der Waals surface area contributed by atoms with Crippen LogP contribution < -0.4 is 0 Å². The Morgan fingerprint density at radius 1 is 1.33 bits per heavy atom. The fourth-order valence-electron chi connectivity index (χ4n) is 2.18. The molecule has 1 saturated carbocycles. The van der Waals surface area contributed by atoms with Gasteiger partial charge in [-0.3, -0.25) is 4.79 Å². The van der Waals surface area contributed by atoms with E-state index in [0.29, 0.717) is 6.42 Å². The molecule has 0 aromatic carbocycles. The highest BCUT2D eigenvalue weighted by molar-refractivity contribution is 5.87. The molecule has 0 amide bonds. The number of hydrogen-bond donors (Lipinski definition) is 3. The van der Waals surface area contributed by atoms with E-state index in [2.05, 4.69) is 6.92 Å². The van der Waals surface area contributed by atoms with Gasteiger partial charge >= 0.3 is 0 Å². The van der Waals surface area contributed by atoms with Crippen molar-refractivity contribution in [3.63, 3.8) is 0 Å². The Kier molecular flexibility index (Phi) is 6.25. The number of allylic oxidation sites excluding steroid dienone is 4. The SMILES string of the molecule is CCC/C=C/C=C/[C@H]1C[C@H](O)[C@H](O)C(=O)[C@@H]1CO. The molecule has 1 fully saturated rings. The molecule has 4 nitrogen and oxygen atoms in total. The molecule has 0 heterocycles. The number of aliphatic hydroxyl groups excluding tert-OH is 3. The summed E-state index contributed by atoms with van der Waals surface area (Å²) in [6.07, 6.45) is 7.57. The van der Waals surface area contributed by atoms with Crippen LogP contribution in [0.5, 0.6) is 0 Å². The Labute approximate surface area is 108 Å². The minimum Gasteiger partial charge on any atom is -0.396 e. The highest BCUT2D eigenvalue weighted by Gasteiger charge is 2.40. The van der Waals surface area contributed by atoms with Gasteiger partial charge in [0.25, 0.3) is 0 Å². The Balaban J connectivity index is 2.65. The summed E-state index contributed by atoms with van der Waals surface area (Å²) in [5, 5.41) is 28.2. The fourth-order valence-corrected chi connectivity index (χ4v) is 2.18. The molecular weight excluding hydrogens is 232 g/mol. The first-order valence-electron chi connectivity index (χ1n) is 6.45. The van der Waals surface area contributed by atoms with Crippen molar-refractivity contribution in [1.82, 2.24) is 0 Å². The van der Waals surface area contributed by atoms with Crippen LogP contribution in [0, 0.1) is 11.8 Å². The zero-order valence-electron chi connectivity index (χ0n) is 10.7. The van der Waals surface area contributed by atoms with Gasteiger partial charge in [0.1, 0.15) is 6.10 Å². The summed E-state index contributed by atoms with van der Waals surface area (Å²) >= 11 is 0. The number of hydrogen-bond acceptors (Lipinski definition) is 4. The van der Waals surface area contributed by atoms with Crippen LogP contribution in [-0.4, -0.2) is 39.9 Å². The van der Waals surface area contributed by atoms with Gasteiger partial charge in [-0.25, -0.2) is 0 Å². The smallest absolute Gasteiger partial charge is 0.169 e. The van der Waals surface area contributed by atoms with Gasteiger partial charge in [0.2, 0.25) is 0 Å². The average molecular weight is 254 g/mol. The number of aliphatic hydroxyl groups is 3. The van der Waals surface area contributed by atoms with Gasteiger partial charge in [0.05, 0.1) is 12.7 Å². The summed E-state index contributed by atoms with van der Waals surface area (Å²) in [7, 11) is 0. The van der Waals surface area contributed by atoms with Crippen molar-refractivity contribution in [3.05, 3.63) is 24.3 Å². The van der Waals surface area contributed by atoms with Crippen molar-refractivity contribution in [3.8, 4) is 0 Å². The molecule has 0 saturated heterocycles. The van der Waals surface area contributed by atoms with Crippen molar-refractivity contribution >= 4 is 5.78 Å². The summed E-state index contributed by atoms with van der Waals surface area (Å²) in [4.78, 5) is 11.7. The minimum atomic E-state index is -1.36. The van der Waals surface area contributed by atoms with Gasteiger partial charge in [-0.15, -0.1) is 0 Å². The predicted molar refractivity (Wildman–Crippen MR) is 68.9 cm³/mol. The highest BCUT2D eigenvalue weighted by Crippen LogP contribution is 2.28. The lowest BCUT2D eigenvalue weighted by molar-refractivity contribution is -0.146. The van der Waals surface area contributed by atoms with Crippen LogP contribution in [0.4, 0.5) is 0 Å². The second kappa shape index (κ2) is 7.46. The first-order chi connectivity index (χ1) is 8.61.